The van der Waals surface area contributed by atoms with E-state index < -0.39 is 0 Å². The molecule has 2 heterocycles. The van der Waals surface area contributed by atoms with Crippen molar-refractivity contribution >= 4 is 11.7 Å². The highest BCUT2D eigenvalue weighted by Gasteiger charge is 2.31. The molecule has 0 unspecified atom stereocenters. The zero-order valence-electron chi connectivity index (χ0n) is 17.7. The van der Waals surface area contributed by atoms with Gasteiger partial charge in [0.25, 0.3) is 0 Å². The van der Waals surface area contributed by atoms with Crippen molar-refractivity contribution in [1.29, 1.82) is 5.26 Å². The molecule has 0 atom stereocenters. The number of hydrogen-bond acceptors (Lipinski definition) is 4. The molecule has 1 aliphatic carbocycles. The molecule has 6 nitrogen and oxygen atoms in total. The molecule has 1 aromatic carbocycles. The topological polar surface area (TPSA) is 74.2 Å². The number of amides is 1. The van der Waals surface area contributed by atoms with Crippen LogP contribution in [-0.4, -0.2) is 28.0 Å². The van der Waals surface area contributed by atoms with Crippen molar-refractivity contribution in [3.8, 4) is 6.07 Å². The van der Waals surface area contributed by atoms with E-state index in [1.54, 1.807) is 30.5 Å². The average Bonchev–Trinajstić information content (AvgIpc) is 3.43. The van der Waals surface area contributed by atoms with Gasteiger partial charge in [0, 0.05) is 23.8 Å². The van der Waals surface area contributed by atoms with Crippen LogP contribution < -0.4 is 5.32 Å². The number of hydrogen-bond donors (Lipinski definition) is 1. The number of furan rings is 1. The van der Waals surface area contributed by atoms with Crippen molar-refractivity contribution in [2.45, 2.75) is 45.8 Å². The highest BCUT2D eigenvalue weighted by atomic mass is 19.1. The maximum atomic E-state index is 14.1. The summed E-state index contributed by atoms with van der Waals surface area (Å²) >= 11 is 0. The maximum absolute atomic E-state index is 14.1. The number of rotatable bonds is 8. The van der Waals surface area contributed by atoms with E-state index in [1.807, 2.05) is 29.4 Å². The number of nitriles is 1. The summed E-state index contributed by atoms with van der Waals surface area (Å²) in [6, 6.07) is 12.8. The van der Waals surface area contributed by atoms with Gasteiger partial charge in [0.05, 0.1) is 24.9 Å². The standard InChI is InChI=1S/C24H25FN4O2/c1-16-17(2)29(14-20-7-5-11-31-20)24(21(16)12-26)27-23(30)15-28(19-9-10-19)13-18-6-3-4-8-22(18)25/h3-8,11,19H,9-10,13-15H2,1-2H3,(H,27,30). The lowest BCUT2D eigenvalue weighted by atomic mass is 10.2. The molecule has 0 bridgehead atoms. The summed E-state index contributed by atoms with van der Waals surface area (Å²) in [5.41, 5.74) is 2.75. The molecule has 3 aromatic rings. The second-order valence-corrected chi connectivity index (χ2v) is 7.99. The van der Waals surface area contributed by atoms with Gasteiger partial charge in [0.15, 0.2) is 0 Å². The van der Waals surface area contributed by atoms with E-state index in [9.17, 15) is 14.4 Å². The van der Waals surface area contributed by atoms with Crippen LogP contribution in [0.1, 0.15) is 41.0 Å². The second kappa shape index (κ2) is 8.78. The molecule has 1 amide bonds. The molecule has 0 radical (unpaired) electrons. The number of nitrogens with one attached hydrogen (secondary N) is 1. The van der Waals surface area contributed by atoms with E-state index in [-0.39, 0.29) is 24.3 Å². The third-order valence-corrected chi connectivity index (χ3v) is 5.83. The first-order valence-corrected chi connectivity index (χ1v) is 10.4. The van der Waals surface area contributed by atoms with E-state index in [0.29, 0.717) is 30.0 Å². The summed E-state index contributed by atoms with van der Waals surface area (Å²) in [5.74, 6) is 0.717. The Bertz CT molecular complexity index is 1120. The first kappa shape index (κ1) is 20.9. The smallest absolute Gasteiger partial charge is 0.239 e. The molecule has 4 rings (SSSR count). The predicted octanol–water partition coefficient (Wildman–Crippen LogP) is 4.36. The molecule has 1 N–H and O–H groups in total. The van der Waals surface area contributed by atoms with Crippen molar-refractivity contribution < 1.29 is 13.6 Å². The zero-order valence-corrected chi connectivity index (χ0v) is 17.7. The Hall–Kier alpha value is -3.37. The summed E-state index contributed by atoms with van der Waals surface area (Å²) < 4.78 is 21.5. The Balaban J connectivity index is 1.54. The molecular formula is C24H25FN4O2. The molecular weight excluding hydrogens is 395 g/mol. The predicted molar refractivity (Wildman–Crippen MR) is 115 cm³/mol. The van der Waals surface area contributed by atoms with Crippen LogP contribution in [0.2, 0.25) is 0 Å². The van der Waals surface area contributed by atoms with Gasteiger partial charge in [0.2, 0.25) is 5.91 Å². The minimum absolute atomic E-state index is 0.133. The van der Waals surface area contributed by atoms with Gasteiger partial charge in [-0.3, -0.25) is 9.69 Å². The third-order valence-electron chi connectivity index (χ3n) is 5.83. The van der Waals surface area contributed by atoms with E-state index in [2.05, 4.69) is 11.4 Å². The van der Waals surface area contributed by atoms with Crippen LogP contribution in [-0.2, 0) is 17.9 Å². The lowest BCUT2D eigenvalue weighted by Crippen LogP contribution is -2.35. The first-order chi connectivity index (χ1) is 15.0. The van der Waals surface area contributed by atoms with Crippen LogP contribution in [0.5, 0.6) is 0 Å². The van der Waals surface area contributed by atoms with E-state index in [1.165, 1.54) is 6.07 Å². The van der Waals surface area contributed by atoms with Crippen molar-refractivity contribution in [3.63, 3.8) is 0 Å². The molecule has 1 saturated carbocycles. The van der Waals surface area contributed by atoms with E-state index >= 15 is 0 Å². The molecule has 0 aliphatic heterocycles. The zero-order chi connectivity index (χ0) is 22.0. The van der Waals surface area contributed by atoms with Gasteiger partial charge < -0.3 is 14.3 Å². The molecule has 160 valence electrons. The van der Waals surface area contributed by atoms with Crippen molar-refractivity contribution in [3.05, 3.63) is 76.6 Å². The number of carbonyl (C=O) groups is 1. The molecule has 1 fully saturated rings. The molecule has 1 aliphatic rings. The van der Waals surface area contributed by atoms with Crippen LogP contribution in [0.15, 0.2) is 47.1 Å². The van der Waals surface area contributed by atoms with Crippen molar-refractivity contribution in [2.75, 3.05) is 11.9 Å². The molecule has 2 aromatic heterocycles. The van der Waals surface area contributed by atoms with Gasteiger partial charge >= 0.3 is 0 Å². The fraction of sp³-hybridized carbons (Fsp3) is 0.333. The van der Waals surface area contributed by atoms with Gasteiger partial charge in [-0.2, -0.15) is 5.26 Å². The van der Waals surface area contributed by atoms with Crippen LogP contribution in [0.3, 0.4) is 0 Å². The highest BCUT2D eigenvalue weighted by molar-refractivity contribution is 5.93. The minimum atomic E-state index is -0.265. The van der Waals surface area contributed by atoms with Crippen LogP contribution in [0.25, 0.3) is 0 Å². The number of anilines is 1. The lowest BCUT2D eigenvalue weighted by molar-refractivity contribution is -0.117. The van der Waals surface area contributed by atoms with Crippen molar-refractivity contribution in [1.82, 2.24) is 9.47 Å². The Morgan fingerprint density at radius 2 is 2.06 bits per heavy atom. The molecule has 0 saturated heterocycles. The molecule has 31 heavy (non-hydrogen) atoms. The van der Waals surface area contributed by atoms with Crippen LogP contribution in [0.4, 0.5) is 10.2 Å². The quantitative estimate of drug-likeness (QED) is 0.588. The number of benzene rings is 1. The minimum Gasteiger partial charge on any atom is -0.467 e. The van der Waals surface area contributed by atoms with Gasteiger partial charge in [-0.05, 0) is 50.5 Å². The average molecular weight is 420 g/mol. The normalized spacial score (nSPS) is 13.4. The fourth-order valence-electron chi connectivity index (χ4n) is 3.84. The Morgan fingerprint density at radius 1 is 1.29 bits per heavy atom. The van der Waals surface area contributed by atoms with Gasteiger partial charge in [0.1, 0.15) is 23.5 Å². The Kier molecular flexibility index (Phi) is 5.92. The summed E-state index contributed by atoms with van der Waals surface area (Å²) in [6.07, 6.45) is 3.59. The lowest BCUT2D eigenvalue weighted by Gasteiger charge is -2.22. The van der Waals surface area contributed by atoms with Crippen LogP contribution >= 0.6 is 0 Å². The number of aromatic nitrogens is 1. The number of halogens is 1. The molecule has 0 spiro atoms. The second-order valence-electron chi connectivity index (χ2n) is 7.99. The van der Waals surface area contributed by atoms with E-state index in [0.717, 1.165) is 29.9 Å². The van der Waals surface area contributed by atoms with Crippen molar-refractivity contribution in [2.24, 2.45) is 0 Å². The summed E-state index contributed by atoms with van der Waals surface area (Å²) in [7, 11) is 0. The third kappa shape index (κ3) is 4.54. The monoisotopic (exact) mass is 420 g/mol. The highest BCUT2D eigenvalue weighted by Crippen LogP contribution is 2.30. The molecule has 7 heteroatoms. The number of carbonyl (C=O) groups excluding carboxylic acids is 1. The Labute approximate surface area is 180 Å². The fourth-order valence-corrected chi connectivity index (χ4v) is 3.84. The summed E-state index contributed by atoms with van der Waals surface area (Å²) in [6.45, 7) is 4.72. The van der Waals surface area contributed by atoms with Gasteiger partial charge in [-0.15, -0.1) is 0 Å². The SMILES string of the molecule is Cc1c(C#N)c(NC(=O)CN(Cc2ccccc2F)C2CC2)n(Cc2ccco2)c1C. The maximum Gasteiger partial charge on any atom is 0.239 e. The summed E-state index contributed by atoms with van der Waals surface area (Å²) in [5, 5.41) is 12.6. The number of nitrogens with zero attached hydrogens (tertiary/aromatic N) is 3. The van der Waals surface area contributed by atoms with E-state index in [4.69, 9.17) is 4.42 Å². The summed E-state index contributed by atoms with van der Waals surface area (Å²) in [4.78, 5) is 15.0. The first-order valence-electron chi connectivity index (χ1n) is 10.4. The Morgan fingerprint density at radius 3 is 2.71 bits per heavy atom. The van der Waals surface area contributed by atoms with Gasteiger partial charge in [-0.25, -0.2) is 4.39 Å². The van der Waals surface area contributed by atoms with Crippen LogP contribution in [0, 0.1) is 31.0 Å². The largest absolute Gasteiger partial charge is 0.467 e. The van der Waals surface area contributed by atoms with Gasteiger partial charge in [-0.1, -0.05) is 18.2 Å².